The van der Waals surface area contributed by atoms with E-state index in [0.29, 0.717) is 19.0 Å². The summed E-state index contributed by atoms with van der Waals surface area (Å²) in [5.74, 6) is -0.722. The SMILES string of the molecule is Cc1nc(C(=O)N2CCCC(CC(=O)O)C2)no1. The van der Waals surface area contributed by atoms with E-state index in [2.05, 4.69) is 10.1 Å². The molecule has 0 spiro atoms. The third-order valence-corrected chi connectivity index (χ3v) is 2.99. The number of nitrogens with zero attached hydrogens (tertiary/aromatic N) is 3. The quantitative estimate of drug-likeness (QED) is 0.851. The Morgan fingerprint density at radius 1 is 1.56 bits per heavy atom. The van der Waals surface area contributed by atoms with Gasteiger partial charge < -0.3 is 14.5 Å². The van der Waals surface area contributed by atoms with E-state index < -0.39 is 5.97 Å². The fraction of sp³-hybridized carbons (Fsp3) is 0.636. The molecule has 0 bridgehead atoms. The molecule has 1 N–H and O–H groups in total. The molecule has 1 aliphatic heterocycles. The van der Waals surface area contributed by atoms with Crippen molar-refractivity contribution in [3.05, 3.63) is 11.7 Å². The summed E-state index contributed by atoms with van der Waals surface area (Å²) in [4.78, 5) is 28.2. The lowest BCUT2D eigenvalue weighted by atomic mass is 9.95. The molecule has 7 nitrogen and oxygen atoms in total. The molecular formula is C11H15N3O4. The maximum atomic E-state index is 12.0. The second-order valence-corrected chi connectivity index (χ2v) is 4.49. The molecule has 1 unspecified atom stereocenters. The number of aromatic nitrogens is 2. The molecular weight excluding hydrogens is 238 g/mol. The van der Waals surface area contributed by atoms with Gasteiger partial charge in [0.2, 0.25) is 5.89 Å². The minimum atomic E-state index is -0.829. The van der Waals surface area contributed by atoms with Crippen molar-refractivity contribution in [2.75, 3.05) is 13.1 Å². The van der Waals surface area contributed by atoms with Gasteiger partial charge in [-0.15, -0.1) is 0 Å². The van der Waals surface area contributed by atoms with E-state index >= 15 is 0 Å². The molecule has 1 fully saturated rings. The summed E-state index contributed by atoms with van der Waals surface area (Å²) in [6.07, 6.45) is 1.73. The highest BCUT2D eigenvalue weighted by atomic mass is 16.5. The smallest absolute Gasteiger partial charge is 0.303 e. The van der Waals surface area contributed by atoms with Crippen molar-refractivity contribution in [2.45, 2.75) is 26.2 Å². The van der Waals surface area contributed by atoms with E-state index in [9.17, 15) is 9.59 Å². The molecule has 7 heteroatoms. The number of amides is 1. The van der Waals surface area contributed by atoms with Crippen molar-refractivity contribution in [1.82, 2.24) is 15.0 Å². The van der Waals surface area contributed by atoms with E-state index in [1.807, 2.05) is 0 Å². The number of hydrogen-bond donors (Lipinski definition) is 1. The zero-order valence-electron chi connectivity index (χ0n) is 10.1. The molecule has 1 aliphatic rings. The summed E-state index contributed by atoms with van der Waals surface area (Å²) < 4.78 is 4.77. The second-order valence-electron chi connectivity index (χ2n) is 4.49. The van der Waals surface area contributed by atoms with Gasteiger partial charge in [-0.2, -0.15) is 4.98 Å². The lowest BCUT2D eigenvalue weighted by Crippen LogP contribution is -2.40. The van der Waals surface area contributed by atoms with Crippen molar-refractivity contribution in [3.63, 3.8) is 0 Å². The second kappa shape index (κ2) is 5.16. The molecule has 0 saturated carbocycles. The molecule has 1 atom stereocenters. The summed E-state index contributed by atoms with van der Waals surface area (Å²) in [6.45, 7) is 2.68. The van der Waals surface area contributed by atoms with Crippen LogP contribution < -0.4 is 0 Å². The largest absolute Gasteiger partial charge is 0.481 e. The van der Waals surface area contributed by atoms with Crippen molar-refractivity contribution in [1.29, 1.82) is 0 Å². The standard InChI is InChI=1S/C11H15N3O4/c1-7-12-10(13-18-7)11(17)14-4-2-3-8(6-14)5-9(15)16/h8H,2-6H2,1H3,(H,15,16). The molecule has 2 rings (SSSR count). The first-order valence-electron chi connectivity index (χ1n) is 5.87. The molecule has 98 valence electrons. The van der Waals surface area contributed by atoms with Crippen LogP contribution in [0.4, 0.5) is 0 Å². The van der Waals surface area contributed by atoms with Crippen molar-refractivity contribution < 1.29 is 19.2 Å². The Morgan fingerprint density at radius 2 is 2.33 bits per heavy atom. The molecule has 18 heavy (non-hydrogen) atoms. The van der Waals surface area contributed by atoms with Crippen LogP contribution in [0.5, 0.6) is 0 Å². The number of aliphatic carboxylic acids is 1. The molecule has 1 amide bonds. The van der Waals surface area contributed by atoms with Gasteiger partial charge in [-0.05, 0) is 18.8 Å². The summed E-state index contributed by atoms with van der Waals surface area (Å²) in [7, 11) is 0. The lowest BCUT2D eigenvalue weighted by molar-refractivity contribution is -0.138. The highest BCUT2D eigenvalue weighted by Crippen LogP contribution is 2.20. The van der Waals surface area contributed by atoms with E-state index in [1.54, 1.807) is 11.8 Å². The van der Waals surface area contributed by atoms with Gasteiger partial charge >= 0.3 is 5.97 Å². The van der Waals surface area contributed by atoms with Crippen LogP contribution in [-0.2, 0) is 4.79 Å². The first-order chi connectivity index (χ1) is 8.56. The van der Waals surface area contributed by atoms with Crippen LogP contribution in [0.3, 0.4) is 0 Å². The van der Waals surface area contributed by atoms with Gasteiger partial charge in [0.15, 0.2) is 0 Å². The summed E-state index contributed by atoms with van der Waals surface area (Å²) in [5, 5.41) is 12.4. The normalized spacial score (nSPS) is 19.8. The molecule has 0 aliphatic carbocycles. The molecule has 1 saturated heterocycles. The average Bonchev–Trinajstić information content (AvgIpc) is 2.74. The molecule has 2 heterocycles. The predicted octanol–water partition coefficient (Wildman–Crippen LogP) is 0.705. The predicted molar refractivity (Wildman–Crippen MR) is 59.9 cm³/mol. The number of carboxylic acids is 1. The molecule has 0 aromatic carbocycles. The van der Waals surface area contributed by atoms with E-state index in [-0.39, 0.29) is 24.1 Å². The topological polar surface area (TPSA) is 96.5 Å². The lowest BCUT2D eigenvalue weighted by Gasteiger charge is -2.31. The number of carboxylic acid groups (broad SMARTS) is 1. The average molecular weight is 253 g/mol. The van der Waals surface area contributed by atoms with Crippen LogP contribution >= 0.6 is 0 Å². The van der Waals surface area contributed by atoms with Gasteiger partial charge in [-0.25, -0.2) is 0 Å². The highest BCUT2D eigenvalue weighted by molar-refractivity contribution is 5.90. The summed E-state index contributed by atoms with van der Waals surface area (Å²) in [5.41, 5.74) is 0. The van der Waals surface area contributed by atoms with Crippen LogP contribution in [0, 0.1) is 12.8 Å². The molecule has 1 aromatic rings. The molecule has 1 aromatic heterocycles. The van der Waals surface area contributed by atoms with Crippen molar-refractivity contribution in [3.8, 4) is 0 Å². The third kappa shape index (κ3) is 2.85. The van der Waals surface area contributed by atoms with E-state index in [1.165, 1.54) is 0 Å². The number of aryl methyl sites for hydroxylation is 1. The highest BCUT2D eigenvalue weighted by Gasteiger charge is 2.28. The zero-order valence-corrected chi connectivity index (χ0v) is 10.1. The maximum Gasteiger partial charge on any atom is 0.303 e. The Morgan fingerprint density at radius 3 is 2.94 bits per heavy atom. The number of carbonyl (C=O) groups excluding carboxylic acids is 1. The minimum Gasteiger partial charge on any atom is -0.481 e. The Hall–Kier alpha value is -1.92. The van der Waals surface area contributed by atoms with Crippen LogP contribution in [0.15, 0.2) is 4.52 Å². The van der Waals surface area contributed by atoms with Crippen LogP contribution in [0.1, 0.15) is 35.8 Å². The number of carbonyl (C=O) groups is 2. The van der Waals surface area contributed by atoms with Gasteiger partial charge in [-0.1, -0.05) is 5.16 Å². The van der Waals surface area contributed by atoms with Gasteiger partial charge in [0.1, 0.15) is 0 Å². The van der Waals surface area contributed by atoms with Crippen molar-refractivity contribution in [2.24, 2.45) is 5.92 Å². The van der Waals surface area contributed by atoms with Gasteiger partial charge in [0, 0.05) is 26.4 Å². The number of piperidine rings is 1. The minimum absolute atomic E-state index is 0.00759. The Labute approximate surface area is 104 Å². The van der Waals surface area contributed by atoms with Crippen LogP contribution in [-0.4, -0.2) is 45.1 Å². The van der Waals surface area contributed by atoms with E-state index in [0.717, 1.165) is 12.8 Å². The number of rotatable bonds is 3. The fourth-order valence-electron chi connectivity index (χ4n) is 2.19. The Bertz CT molecular complexity index is 457. The fourth-order valence-corrected chi connectivity index (χ4v) is 2.19. The zero-order chi connectivity index (χ0) is 13.1. The summed E-state index contributed by atoms with van der Waals surface area (Å²) >= 11 is 0. The number of hydrogen-bond acceptors (Lipinski definition) is 5. The van der Waals surface area contributed by atoms with Crippen molar-refractivity contribution >= 4 is 11.9 Å². The van der Waals surface area contributed by atoms with Crippen LogP contribution in [0.2, 0.25) is 0 Å². The summed E-state index contributed by atoms with van der Waals surface area (Å²) in [6, 6.07) is 0. The van der Waals surface area contributed by atoms with E-state index in [4.69, 9.17) is 9.63 Å². The third-order valence-electron chi connectivity index (χ3n) is 2.99. The van der Waals surface area contributed by atoms with Gasteiger partial charge in [0.25, 0.3) is 11.7 Å². The van der Waals surface area contributed by atoms with Gasteiger partial charge in [-0.3, -0.25) is 9.59 Å². The monoisotopic (exact) mass is 253 g/mol. The first-order valence-corrected chi connectivity index (χ1v) is 5.87. The number of likely N-dealkylation sites (tertiary alicyclic amines) is 1. The Kier molecular flexibility index (Phi) is 3.59. The Balaban J connectivity index is 2.00. The molecule has 0 radical (unpaired) electrons. The maximum absolute atomic E-state index is 12.0. The van der Waals surface area contributed by atoms with Gasteiger partial charge in [0.05, 0.1) is 0 Å². The first kappa shape index (κ1) is 12.5. The van der Waals surface area contributed by atoms with Crippen LogP contribution in [0.25, 0.3) is 0 Å².